The van der Waals surface area contributed by atoms with E-state index in [2.05, 4.69) is 16.3 Å². The molecule has 1 heterocycles. The first-order valence-electron chi connectivity index (χ1n) is 9.03. The van der Waals surface area contributed by atoms with Crippen LogP contribution in [-0.2, 0) is 16.3 Å². The number of hydrogen-bond donors (Lipinski definition) is 1. The first-order chi connectivity index (χ1) is 12.9. The Bertz CT molecular complexity index is 856. The smallest absolute Gasteiger partial charge is 0.175 e. The summed E-state index contributed by atoms with van der Waals surface area (Å²) in [5.41, 5.74) is 1.25. The molecule has 0 bridgehead atoms. The summed E-state index contributed by atoms with van der Waals surface area (Å²) >= 11 is 6.05. The highest BCUT2D eigenvalue weighted by Gasteiger charge is 2.19. The number of ether oxygens (including phenoxy) is 1. The number of piperazine rings is 1. The average molecular weight is 409 g/mol. The maximum absolute atomic E-state index is 11.5. The predicted octanol–water partition coefficient (Wildman–Crippen LogP) is 2.64. The van der Waals surface area contributed by atoms with Gasteiger partial charge >= 0.3 is 0 Å². The maximum Gasteiger partial charge on any atom is 0.175 e. The number of nitrogens with one attached hydrogen (secondary N) is 1. The van der Waals surface area contributed by atoms with Gasteiger partial charge in [0.1, 0.15) is 12.4 Å². The van der Waals surface area contributed by atoms with Crippen molar-refractivity contribution in [1.82, 2.24) is 10.2 Å². The third-order valence-corrected chi connectivity index (χ3v) is 6.01. The van der Waals surface area contributed by atoms with Gasteiger partial charge in [0.05, 0.1) is 10.9 Å². The Kier molecular flexibility index (Phi) is 6.76. The molecule has 5 nitrogen and oxygen atoms in total. The van der Waals surface area contributed by atoms with Crippen molar-refractivity contribution in [2.45, 2.75) is 17.4 Å². The van der Waals surface area contributed by atoms with Gasteiger partial charge in [-0.15, -0.1) is 0 Å². The van der Waals surface area contributed by atoms with E-state index >= 15 is 0 Å². The SMILES string of the molecule is CS(=O)(=O)c1ccc(OC[C@H]2CN(CCc3cccc(Cl)c3)CCN2)cc1. The fraction of sp³-hybridized carbons (Fsp3) is 0.400. The molecule has 0 amide bonds. The van der Waals surface area contributed by atoms with Crippen LogP contribution in [0.25, 0.3) is 0 Å². The largest absolute Gasteiger partial charge is 0.492 e. The summed E-state index contributed by atoms with van der Waals surface area (Å²) < 4.78 is 28.8. The van der Waals surface area contributed by atoms with Gasteiger partial charge in [-0.25, -0.2) is 8.42 Å². The summed E-state index contributed by atoms with van der Waals surface area (Å²) in [5.74, 6) is 0.681. The summed E-state index contributed by atoms with van der Waals surface area (Å²) in [4.78, 5) is 2.73. The summed E-state index contributed by atoms with van der Waals surface area (Å²) in [7, 11) is -3.18. The molecular weight excluding hydrogens is 384 g/mol. The van der Waals surface area contributed by atoms with Crippen molar-refractivity contribution in [3.63, 3.8) is 0 Å². The molecule has 7 heteroatoms. The van der Waals surface area contributed by atoms with Crippen molar-refractivity contribution in [3.05, 3.63) is 59.1 Å². The first-order valence-corrected chi connectivity index (χ1v) is 11.3. The molecule has 1 fully saturated rings. The normalized spacial score (nSPS) is 18.4. The first kappa shape index (κ1) is 20.1. The number of halogens is 1. The van der Waals surface area contributed by atoms with Gasteiger partial charge in [0.2, 0.25) is 0 Å². The Morgan fingerprint density at radius 2 is 2.00 bits per heavy atom. The summed E-state index contributed by atoms with van der Waals surface area (Å²) in [6.07, 6.45) is 2.17. The van der Waals surface area contributed by atoms with Gasteiger partial charge in [0.15, 0.2) is 9.84 Å². The minimum absolute atomic E-state index is 0.243. The van der Waals surface area contributed by atoms with E-state index in [1.54, 1.807) is 24.3 Å². The van der Waals surface area contributed by atoms with Crippen LogP contribution in [0.4, 0.5) is 0 Å². The van der Waals surface area contributed by atoms with Crippen molar-refractivity contribution in [1.29, 1.82) is 0 Å². The van der Waals surface area contributed by atoms with Gasteiger partial charge in [0, 0.05) is 37.5 Å². The van der Waals surface area contributed by atoms with Crippen LogP contribution >= 0.6 is 11.6 Å². The second kappa shape index (κ2) is 9.06. The number of benzene rings is 2. The van der Waals surface area contributed by atoms with E-state index in [9.17, 15) is 8.42 Å². The number of sulfone groups is 1. The average Bonchev–Trinajstić information content (AvgIpc) is 2.65. The lowest BCUT2D eigenvalue weighted by Crippen LogP contribution is -2.53. The van der Waals surface area contributed by atoms with Crippen LogP contribution in [-0.4, -0.2) is 58.4 Å². The summed E-state index contributed by atoms with van der Waals surface area (Å²) in [6, 6.07) is 14.8. The molecule has 146 valence electrons. The molecule has 3 rings (SSSR count). The molecule has 1 saturated heterocycles. The highest BCUT2D eigenvalue weighted by Crippen LogP contribution is 2.16. The van der Waals surface area contributed by atoms with Crippen molar-refractivity contribution in [2.24, 2.45) is 0 Å². The molecule has 0 unspecified atom stereocenters. The van der Waals surface area contributed by atoms with Crippen LogP contribution in [0.15, 0.2) is 53.4 Å². The monoisotopic (exact) mass is 408 g/mol. The number of hydrogen-bond acceptors (Lipinski definition) is 5. The van der Waals surface area contributed by atoms with E-state index in [1.807, 2.05) is 18.2 Å². The van der Waals surface area contributed by atoms with Crippen LogP contribution in [0.1, 0.15) is 5.56 Å². The Morgan fingerprint density at radius 1 is 1.22 bits per heavy atom. The van der Waals surface area contributed by atoms with E-state index in [0.717, 1.165) is 37.6 Å². The Balaban J connectivity index is 1.47. The summed E-state index contributed by atoms with van der Waals surface area (Å²) in [6.45, 7) is 4.40. The minimum Gasteiger partial charge on any atom is -0.492 e. The second-order valence-corrected chi connectivity index (χ2v) is 9.34. The van der Waals surface area contributed by atoms with Gasteiger partial charge < -0.3 is 15.0 Å². The zero-order chi connectivity index (χ0) is 19.3. The van der Waals surface area contributed by atoms with Gasteiger partial charge in [-0.3, -0.25) is 0 Å². The van der Waals surface area contributed by atoms with Crippen LogP contribution < -0.4 is 10.1 Å². The fourth-order valence-corrected chi connectivity index (χ4v) is 4.01. The van der Waals surface area contributed by atoms with Gasteiger partial charge in [-0.1, -0.05) is 23.7 Å². The lowest BCUT2D eigenvalue weighted by atomic mass is 10.1. The van der Waals surface area contributed by atoms with Crippen LogP contribution in [0.2, 0.25) is 5.02 Å². The fourth-order valence-electron chi connectivity index (χ4n) is 3.17. The molecule has 0 aromatic heterocycles. The van der Waals surface area contributed by atoms with Gasteiger partial charge in [0.25, 0.3) is 0 Å². The van der Waals surface area contributed by atoms with Crippen LogP contribution in [0, 0.1) is 0 Å². The molecular formula is C20H25ClN2O3S. The molecule has 1 aliphatic heterocycles. The Hall–Kier alpha value is -1.60. The van der Waals surface area contributed by atoms with E-state index in [-0.39, 0.29) is 6.04 Å². The number of nitrogens with zero attached hydrogens (tertiary/aromatic N) is 1. The molecule has 0 radical (unpaired) electrons. The predicted molar refractivity (Wildman–Crippen MR) is 108 cm³/mol. The Morgan fingerprint density at radius 3 is 2.70 bits per heavy atom. The van der Waals surface area contributed by atoms with Gasteiger partial charge in [-0.2, -0.15) is 0 Å². The van der Waals surface area contributed by atoms with Crippen molar-refractivity contribution < 1.29 is 13.2 Å². The standard InChI is InChI=1S/C20H25ClN2O3S/c1-27(24,25)20-7-5-19(6-8-20)26-15-18-14-23(12-10-22-18)11-9-16-3-2-4-17(21)13-16/h2-8,13,18,22H,9-12,14-15H2,1H3/t18-/m1/s1. The third kappa shape index (κ3) is 6.21. The number of rotatable bonds is 7. The second-order valence-electron chi connectivity index (χ2n) is 6.89. The van der Waals surface area contributed by atoms with E-state index in [1.165, 1.54) is 11.8 Å². The zero-order valence-corrected chi connectivity index (χ0v) is 17.0. The van der Waals surface area contributed by atoms with Crippen molar-refractivity contribution >= 4 is 21.4 Å². The molecule has 2 aromatic carbocycles. The minimum atomic E-state index is -3.18. The Labute approximate surface area is 166 Å². The maximum atomic E-state index is 11.5. The molecule has 1 atom stereocenters. The van der Waals surface area contributed by atoms with Crippen LogP contribution in [0.3, 0.4) is 0 Å². The van der Waals surface area contributed by atoms with Gasteiger partial charge in [-0.05, 0) is 48.4 Å². The van der Waals surface area contributed by atoms with Crippen LogP contribution in [0.5, 0.6) is 5.75 Å². The van der Waals surface area contributed by atoms with E-state index in [4.69, 9.17) is 16.3 Å². The molecule has 1 N–H and O–H groups in total. The van der Waals surface area contributed by atoms with E-state index < -0.39 is 9.84 Å². The molecule has 27 heavy (non-hydrogen) atoms. The molecule has 2 aromatic rings. The lowest BCUT2D eigenvalue weighted by Gasteiger charge is -2.33. The summed E-state index contributed by atoms with van der Waals surface area (Å²) in [5, 5.41) is 4.26. The van der Waals surface area contributed by atoms with Crippen molar-refractivity contribution in [3.8, 4) is 5.75 Å². The zero-order valence-electron chi connectivity index (χ0n) is 15.4. The molecule has 0 spiro atoms. The third-order valence-electron chi connectivity index (χ3n) is 4.65. The highest BCUT2D eigenvalue weighted by atomic mass is 35.5. The lowest BCUT2D eigenvalue weighted by molar-refractivity contribution is 0.159. The quantitative estimate of drug-likeness (QED) is 0.763. The molecule has 0 saturated carbocycles. The molecule has 0 aliphatic carbocycles. The highest BCUT2D eigenvalue weighted by molar-refractivity contribution is 7.90. The molecule has 1 aliphatic rings. The van der Waals surface area contributed by atoms with Crippen molar-refractivity contribution in [2.75, 3.05) is 39.0 Å². The van der Waals surface area contributed by atoms with E-state index in [0.29, 0.717) is 17.3 Å². The topological polar surface area (TPSA) is 58.6 Å².